The highest BCUT2D eigenvalue weighted by Gasteiger charge is 2.22. The third-order valence-corrected chi connectivity index (χ3v) is 5.15. The molecule has 6 heteroatoms. The molecule has 0 heterocycles. The van der Waals surface area contributed by atoms with E-state index in [1.807, 2.05) is 0 Å². The second-order valence-corrected chi connectivity index (χ2v) is 8.61. The van der Waals surface area contributed by atoms with Crippen molar-refractivity contribution < 1.29 is 19.5 Å². The van der Waals surface area contributed by atoms with Crippen molar-refractivity contribution in [3.05, 3.63) is 47.3 Å². The minimum Gasteiger partial charge on any atom is -0.394 e. The van der Waals surface area contributed by atoms with Gasteiger partial charge in [-0.1, -0.05) is 69.4 Å². The molecular weight excluding hydrogens is 349 g/mol. The lowest BCUT2D eigenvalue weighted by atomic mass is 9.93. The van der Waals surface area contributed by atoms with Gasteiger partial charge in [-0.25, -0.2) is 0 Å². The first-order valence-electron chi connectivity index (χ1n) is 9.51. The van der Waals surface area contributed by atoms with Crippen LogP contribution < -0.4 is 5.73 Å². The maximum atomic E-state index is 10.9. The van der Waals surface area contributed by atoms with Crippen molar-refractivity contribution in [3.63, 3.8) is 0 Å². The smallest absolute Gasteiger partial charge is 0.348 e. The van der Waals surface area contributed by atoms with Crippen LogP contribution in [-0.4, -0.2) is 27.0 Å². The Morgan fingerprint density at radius 1 is 1.00 bits per heavy atom. The molecule has 0 aliphatic heterocycles. The number of hydrogen-bond donors (Lipinski definition) is 4. The molecule has 0 saturated carbocycles. The molecule has 0 aliphatic carbocycles. The lowest BCUT2D eigenvalue weighted by Gasteiger charge is -2.23. The molecule has 0 radical (unpaired) electrons. The van der Waals surface area contributed by atoms with E-state index in [2.05, 4.69) is 31.2 Å². The van der Waals surface area contributed by atoms with Crippen molar-refractivity contribution >= 4 is 7.60 Å². The third kappa shape index (κ3) is 10.2. The average molecular weight is 383 g/mol. The van der Waals surface area contributed by atoms with Crippen molar-refractivity contribution in [2.45, 2.75) is 70.3 Å². The van der Waals surface area contributed by atoms with Gasteiger partial charge < -0.3 is 20.6 Å². The maximum absolute atomic E-state index is 10.9. The zero-order valence-corrected chi connectivity index (χ0v) is 16.7. The molecule has 148 valence electrons. The summed E-state index contributed by atoms with van der Waals surface area (Å²) in [5.74, 6) is 0.771. The van der Waals surface area contributed by atoms with Crippen LogP contribution in [0.2, 0.25) is 0 Å². The molecule has 1 atom stereocenters. The van der Waals surface area contributed by atoms with Crippen LogP contribution in [0.3, 0.4) is 0 Å². The zero-order chi connectivity index (χ0) is 19.5. The van der Waals surface area contributed by atoms with Gasteiger partial charge in [0.1, 0.15) is 0 Å². The van der Waals surface area contributed by atoms with Gasteiger partial charge in [0.05, 0.1) is 12.1 Å². The molecule has 26 heavy (non-hydrogen) atoms. The third-order valence-electron chi connectivity index (χ3n) is 4.62. The van der Waals surface area contributed by atoms with E-state index in [-0.39, 0.29) is 6.61 Å². The van der Waals surface area contributed by atoms with Crippen molar-refractivity contribution in [3.8, 4) is 0 Å². The van der Waals surface area contributed by atoms with Crippen LogP contribution >= 0.6 is 7.60 Å². The Bertz CT molecular complexity index is 582. The van der Waals surface area contributed by atoms with Crippen molar-refractivity contribution in [1.29, 1.82) is 0 Å². The Kier molecular flexibility index (Phi) is 10.4. The summed E-state index contributed by atoms with van der Waals surface area (Å²) in [5.41, 5.74) is 7.32. The first kappa shape index (κ1) is 23.1. The summed E-state index contributed by atoms with van der Waals surface area (Å²) in [4.78, 5) is 17.8. The number of hydrogen-bond acceptors (Lipinski definition) is 3. The fraction of sp³-hybridized carbons (Fsp3) is 0.600. The van der Waals surface area contributed by atoms with Gasteiger partial charge >= 0.3 is 7.60 Å². The van der Waals surface area contributed by atoms with E-state index in [9.17, 15) is 9.67 Å². The van der Waals surface area contributed by atoms with Crippen LogP contribution in [0.1, 0.15) is 63.0 Å². The Morgan fingerprint density at radius 2 is 1.54 bits per heavy atom. The molecule has 1 aromatic rings. The summed E-state index contributed by atoms with van der Waals surface area (Å²) < 4.78 is 10.9. The Labute approximate surface area is 157 Å². The fourth-order valence-corrected chi connectivity index (χ4v) is 3.31. The summed E-state index contributed by atoms with van der Waals surface area (Å²) >= 11 is 0. The summed E-state index contributed by atoms with van der Waals surface area (Å²) in [5, 5.41) is 9.45. The first-order chi connectivity index (χ1) is 12.3. The van der Waals surface area contributed by atoms with E-state index in [1.165, 1.54) is 50.2 Å². The number of aliphatic hydroxyl groups is 1. The highest BCUT2D eigenvalue weighted by atomic mass is 31.2. The molecule has 1 aromatic carbocycles. The number of aliphatic hydroxyl groups excluding tert-OH is 1. The van der Waals surface area contributed by atoms with E-state index >= 15 is 0 Å². The number of benzene rings is 1. The fourth-order valence-electron chi connectivity index (χ4n) is 2.82. The summed E-state index contributed by atoms with van der Waals surface area (Å²) in [6, 6.07) is 8.39. The van der Waals surface area contributed by atoms with Crippen molar-refractivity contribution in [2.75, 3.05) is 6.61 Å². The van der Waals surface area contributed by atoms with Gasteiger partial charge in [0.25, 0.3) is 0 Å². The first-order valence-corrected chi connectivity index (χ1v) is 11.2. The largest absolute Gasteiger partial charge is 0.394 e. The second-order valence-electron chi connectivity index (χ2n) is 7.13. The van der Waals surface area contributed by atoms with E-state index < -0.39 is 13.1 Å². The van der Waals surface area contributed by atoms with Gasteiger partial charge in [-0.05, 0) is 36.8 Å². The molecule has 0 saturated heterocycles. The van der Waals surface area contributed by atoms with Gasteiger partial charge in [-0.15, -0.1) is 0 Å². The molecule has 1 rings (SSSR count). The number of unbranched alkanes of at least 4 members (excludes halogenated alkanes) is 5. The van der Waals surface area contributed by atoms with Gasteiger partial charge in [0.2, 0.25) is 0 Å². The number of nitrogens with two attached hydrogens (primary N) is 1. The van der Waals surface area contributed by atoms with Gasteiger partial charge in [0, 0.05) is 5.82 Å². The van der Waals surface area contributed by atoms with Crippen LogP contribution in [0.15, 0.2) is 36.2 Å². The SMILES string of the molecule is CCCCCCCCc1ccc(CC[C@](N)(/C=C/P(=O)(O)O)CO)cc1. The molecule has 0 bridgehead atoms. The van der Waals surface area contributed by atoms with Crippen LogP contribution in [0.4, 0.5) is 0 Å². The topological polar surface area (TPSA) is 104 Å². The van der Waals surface area contributed by atoms with Gasteiger partial charge in [0.15, 0.2) is 0 Å². The zero-order valence-electron chi connectivity index (χ0n) is 15.8. The van der Waals surface area contributed by atoms with E-state index in [4.69, 9.17) is 15.5 Å². The second kappa shape index (κ2) is 11.7. The lowest BCUT2D eigenvalue weighted by Crippen LogP contribution is -2.42. The van der Waals surface area contributed by atoms with E-state index in [0.29, 0.717) is 12.8 Å². The quantitative estimate of drug-likeness (QED) is 0.305. The molecule has 0 amide bonds. The number of rotatable bonds is 13. The molecule has 5 nitrogen and oxygen atoms in total. The van der Waals surface area contributed by atoms with E-state index in [1.54, 1.807) is 0 Å². The monoisotopic (exact) mass is 383 g/mol. The maximum Gasteiger partial charge on any atom is 0.348 e. The van der Waals surface area contributed by atoms with Crippen LogP contribution in [0.25, 0.3) is 0 Å². The van der Waals surface area contributed by atoms with Gasteiger partial charge in [-0.3, -0.25) is 4.57 Å². The molecule has 0 aromatic heterocycles. The van der Waals surface area contributed by atoms with Crippen LogP contribution in [0.5, 0.6) is 0 Å². The standard InChI is InChI=1S/C20H34NO4P/c1-2-3-4-5-6-7-8-18-9-11-19(12-10-18)13-14-20(21,17-22)15-16-26(23,24)25/h9-12,15-16,22H,2-8,13-14,17,21H2,1H3,(H2,23,24,25)/b16-15+/t20-/m0/s1. The van der Waals surface area contributed by atoms with Crippen molar-refractivity contribution in [1.82, 2.24) is 0 Å². The Balaban J connectivity index is 2.43. The minimum atomic E-state index is -4.27. The highest BCUT2D eigenvalue weighted by molar-refractivity contribution is 7.55. The molecule has 0 unspecified atom stereocenters. The average Bonchev–Trinajstić information content (AvgIpc) is 2.61. The molecule has 5 N–H and O–H groups in total. The van der Waals surface area contributed by atoms with Gasteiger partial charge in [-0.2, -0.15) is 0 Å². The van der Waals surface area contributed by atoms with Crippen LogP contribution in [-0.2, 0) is 17.4 Å². The predicted molar refractivity (Wildman–Crippen MR) is 107 cm³/mol. The lowest BCUT2D eigenvalue weighted by molar-refractivity contribution is 0.219. The number of aryl methyl sites for hydroxylation is 2. The minimum absolute atomic E-state index is 0.361. The molecule has 0 aliphatic rings. The normalized spacial score (nSPS) is 14.7. The Hall–Kier alpha value is -0.970. The predicted octanol–water partition coefficient (Wildman–Crippen LogP) is 3.90. The molecular formula is C20H34NO4P. The van der Waals surface area contributed by atoms with Crippen molar-refractivity contribution in [2.24, 2.45) is 5.73 Å². The highest BCUT2D eigenvalue weighted by Crippen LogP contribution is 2.37. The summed E-state index contributed by atoms with van der Waals surface area (Å²) in [6.07, 6.45) is 11.1. The molecule has 0 spiro atoms. The summed E-state index contributed by atoms with van der Waals surface area (Å²) in [6.45, 7) is 1.87. The summed E-state index contributed by atoms with van der Waals surface area (Å²) in [7, 11) is -4.27. The van der Waals surface area contributed by atoms with Crippen LogP contribution in [0, 0.1) is 0 Å². The molecule has 0 fully saturated rings. The van der Waals surface area contributed by atoms with E-state index in [0.717, 1.165) is 17.8 Å². The Morgan fingerprint density at radius 3 is 2.08 bits per heavy atom.